The number of halogens is 1. The van der Waals surface area contributed by atoms with E-state index in [0.717, 1.165) is 30.2 Å². The van der Waals surface area contributed by atoms with Gasteiger partial charge in [0.25, 0.3) is 11.5 Å². The van der Waals surface area contributed by atoms with Gasteiger partial charge in [-0.3, -0.25) is 9.59 Å². The molecule has 1 amide bonds. The van der Waals surface area contributed by atoms with E-state index in [0.29, 0.717) is 22.4 Å². The number of carbonyl (C=O) groups is 1. The molecule has 0 saturated carbocycles. The van der Waals surface area contributed by atoms with Gasteiger partial charge < -0.3 is 10.2 Å². The maximum atomic E-state index is 12.7. The maximum absolute atomic E-state index is 12.7. The number of nitrogens with one attached hydrogen (secondary N) is 1. The lowest BCUT2D eigenvalue weighted by atomic mass is 10.0. The summed E-state index contributed by atoms with van der Waals surface area (Å²) in [6, 6.07) is 8.45. The van der Waals surface area contributed by atoms with Crippen LogP contribution in [0.3, 0.4) is 0 Å². The lowest BCUT2D eigenvalue weighted by molar-refractivity contribution is 0.0943. The van der Waals surface area contributed by atoms with Crippen LogP contribution < -0.4 is 15.8 Å². The highest BCUT2D eigenvalue weighted by Crippen LogP contribution is 2.27. The van der Waals surface area contributed by atoms with E-state index in [9.17, 15) is 9.59 Å². The number of fused-ring (bicyclic) bond motifs is 1. The molecule has 1 aromatic carbocycles. The second-order valence-corrected chi connectivity index (χ2v) is 8.43. The summed E-state index contributed by atoms with van der Waals surface area (Å²) < 4.78 is 1.47. The normalized spacial score (nSPS) is 17.1. The Hall–Kier alpha value is -2.45. The average molecular weight is 418 g/mol. The van der Waals surface area contributed by atoms with Crippen molar-refractivity contribution < 1.29 is 4.79 Å². The number of amides is 1. The molecule has 0 radical (unpaired) electrons. The van der Waals surface area contributed by atoms with Crippen LogP contribution in [-0.4, -0.2) is 33.6 Å². The number of piperidine rings is 1. The number of anilines is 1. The van der Waals surface area contributed by atoms with Gasteiger partial charge >= 0.3 is 0 Å². The Balaban J connectivity index is 1.59. The van der Waals surface area contributed by atoms with E-state index >= 15 is 0 Å². The number of hydrogen-bond donors (Lipinski definition) is 1. The Labute approximate surface area is 171 Å². The molecule has 9 heteroatoms. The summed E-state index contributed by atoms with van der Waals surface area (Å²) in [7, 11) is 0. The maximum Gasteiger partial charge on any atom is 0.274 e. The first-order chi connectivity index (χ1) is 13.5. The minimum Gasteiger partial charge on any atom is -0.347 e. The van der Waals surface area contributed by atoms with Crippen LogP contribution in [0.2, 0.25) is 5.02 Å². The lowest BCUT2D eigenvalue weighted by Crippen LogP contribution is -2.34. The van der Waals surface area contributed by atoms with Crippen molar-refractivity contribution in [1.29, 1.82) is 0 Å². The van der Waals surface area contributed by atoms with E-state index in [2.05, 4.69) is 27.2 Å². The van der Waals surface area contributed by atoms with Crippen LogP contribution in [-0.2, 0) is 6.54 Å². The van der Waals surface area contributed by atoms with Crippen LogP contribution in [0, 0.1) is 5.92 Å². The summed E-state index contributed by atoms with van der Waals surface area (Å²) in [5, 5.41) is 8.84. The molecule has 7 nitrogen and oxygen atoms in total. The van der Waals surface area contributed by atoms with Crippen LogP contribution in [0.15, 0.2) is 35.1 Å². The summed E-state index contributed by atoms with van der Waals surface area (Å²) >= 11 is 7.22. The molecular weight excluding hydrogens is 398 g/mol. The number of nitrogens with zero attached hydrogens (tertiary/aromatic N) is 4. The van der Waals surface area contributed by atoms with Crippen molar-refractivity contribution in [3.8, 4) is 0 Å². The molecule has 4 rings (SSSR count). The standard InChI is InChI=1S/C19H20ClN5O2S/c1-12-3-2-8-24(11-12)19-23-25-15(9-16(26)22-18(25)28-19)17(27)21-10-13-4-6-14(20)7-5-13/h4-7,9,12H,2-3,8,10-11H2,1H3,(H,21,27)/t12-/m0/s1. The molecule has 3 heterocycles. The molecule has 0 unspecified atom stereocenters. The number of benzene rings is 1. The van der Waals surface area contributed by atoms with Crippen LogP contribution in [0.4, 0.5) is 5.13 Å². The number of carbonyl (C=O) groups excluding carboxylic acids is 1. The first-order valence-corrected chi connectivity index (χ1v) is 10.4. The van der Waals surface area contributed by atoms with E-state index in [4.69, 9.17) is 11.6 Å². The fourth-order valence-electron chi connectivity index (χ4n) is 3.33. The molecule has 1 N–H and O–H groups in total. The largest absolute Gasteiger partial charge is 0.347 e. The first-order valence-electron chi connectivity index (χ1n) is 9.18. The fourth-order valence-corrected chi connectivity index (χ4v) is 4.40. The van der Waals surface area contributed by atoms with E-state index in [1.807, 2.05) is 12.1 Å². The highest BCUT2D eigenvalue weighted by atomic mass is 35.5. The number of hydrogen-bond acceptors (Lipinski definition) is 6. The van der Waals surface area contributed by atoms with Crippen molar-refractivity contribution in [2.24, 2.45) is 5.92 Å². The topological polar surface area (TPSA) is 79.6 Å². The van der Waals surface area contributed by atoms with Gasteiger partial charge in [0.15, 0.2) is 0 Å². The van der Waals surface area contributed by atoms with Gasteiger partial charge in [0, 0.05) is 30.7 Å². The summed E-state index contributed by atoms with van der Waals surface area (Å²) in [6.07, 6.45) is 2.31. The van der Waals surface area contributed by atoms with Gasteiger partial charge in [0.2, 0.25) is 10.1 Å². The third kappa shape index (κ3) is 4.02. The van der Waals surface area contributed by atoms with Crippen molar-refractivity contribution in [3.63, 3.8) is 0 Å². The van der Waals surface area contributed by atoms with Crippen molar-refractivity contribution in [3.05, 3.63) is 57.0 Å². The molecule has 1 fully saturated rings. The van der Waals surface area contributed by atoms with Gasteiger partial charge in [-0.15, -0.1) is 5.10 Å². The lowest BCUT2D eigenvalue weighted by Gasteiger charge is -2.30. The second-order valence-electron chi connectivity index (χ2n) is 7.06. The molecule has 3 aromatic rings. The molecular formula is C19H20ClN5O2S. The highest BCUT2D eigenvalue weighted by molar-refractivity contribution is 7.20. The predicted octanol–water partition coefficient (Wildman–Crippen LogP) is 2.97. The minimum atomic E-state index is -0.446. The van der Waals surface area contributed by atoms with E-state index in [1.54, 1.807) is 12.1 Å². The summed E-state index contributed by atoms with van der Waals surface area (Å²) in [5.74, 6) is 0.226. The van der Waals surface area contributed by atoms with Gasteiger partial charge in [-0.2, -0.15) is 9.50 Å². The quantitative estimate of drug-likeness (QED) is 0.705. The molecule has 0 bridgehead atoms. The zero-order valence-corrected chi connectivity index (χ0v) is 17.0. The van der Waals surface area contributed by atoms with Crippen LogP contribution in [0.5, 0.6) is 0 Å². The van der Waals surface area contributed by atoms with Gasteiger partial charge in [0.05, 0.1) is 0 Å². The second kappa shape index (κ2) is 7.89. The molecule has 146 valence electrons. The third-order valence-electron chi connectivity index (χ3n) is 4.77. The molecule has 1 aliphatic heterocycles. The third-order valence-corrected chi connectivity index (χ3v) is 5.99. The van der Waals surface area contributed by atoms with Crippen molar-refractivity contribution in [2.45, 2.75) is 26.3 Å². The SMILES string of the molecule is C[C@H]1CCCN(c2nn3c(C(=O)NCc4ccc(Cl)cc4)cc(=O)nc3s2)C1. The Morgan fingerprint density at radius 1 is 1.36 bits per heavy atom. The average Bonchev–Trinajstić information content (AvgIpc) is 3.10. The van der Waals surface area contributed by atoms with Crippen molar-refractivity contribution in [2.75, 3.05) is 18.0 Å². The zero-order chi connectivity index (χ0) is 19.7. The number of aromatic nitrogens is 3. The molecule has 1 saturated heterocycles. The number of rotatable bonds is 4. The van der Waals surface area contributed by atoms with Gasteiger partial charge in [-0.05, 0) is 36.5 Å². The molecule has 1 atom stereocenters. The molecule has 28 heavy (non-hydrogen) atoms. The highest BCUT2D eigenvalue weighted by Gasteiger charge is 2.22. The van der Waals surface area contributed by atoms with Crippen LogP contribution in [0.25, 0.3) is 4.96 Å². The molecule has 1 aliphatic rings. The summed E-state index contributed by atoms with van der Waals surface area (Å²) in [4.78, 5) is 31.4. The Kier molecular flexibility index (Phi) is 5.32. The van der Waals surface area contributed by atoms with Gasteiger partial charge in [0.1, 0.15) is 5.69 Å². The molecule has 0 spiro atoms. The summed E-state index contributed by atoms with van der Waals surface area (Å²) in [5.41, 5.74) is 0.659. The zero-order valence-electron chi connectivity index (χ0n) is 15.4. The molecule has 0 aliphatic carbocycles. The Bertz CT molecular complexity index is 1060. The van der Waals surface area contributed by atoms with E-state index < -0.39 is 5.56 Å². The van der Waals surface area contributed by atoms with Gasteiger partial charge in [-0.25, -0.2) is 0 Å². The molecule has 2 aromatic heterocycles. The first kappa shape index (κ1) is 18.9. The summed E-state index contributed by atoms with van der Waals surface area (Å²) in [6.45, 7) is 4.39. The Morgan fingerprint density at radius 3 is 2.89 bits per heavy atom. The van der Waals surface area contributed by atoms with Gasteiger partial charge in [-0.1, -0.05) is 42.0 Å². The van der Waals surface area contributed by atoms with E-state index in [-0.39, 0.29) is 11.6 Å². The van der Waals surface area contributed by atoms with Crippen LogP contribution >= 0.6 is 22.9 Å². The monoisotopic (exact) mass is 417 g/mol. The van der Waals surface area contributed by atoms with Crippen molar-refractivity contribution >= 4 is 38.9 Å². The predicted molar refractivity (Wildman–Crippen MR) is 110 cm³/mol. The minimum absolute atomic E-state index is 0.191. The van der Waals surface area contributed by atoms with E-state index in [1.165, 1.54) is 28.3 Å². The van der Waals surface area contributed by atoms with Crippen molar-refractivity contribution in [1.82, 2.24) is 19.9 Å². The smallest absolute Gasteiger partial charge is 0.274 e. The van der Waals surface area contributed by atoms with Crippen LogP contribution in [0.1, 0.15) is 35.8 Å². The fraction of sp³-hybridized carbons (Fsp3) is 0.368. The Morgan fingerprint density at radius 2 is 2.14 bits per heavy atom.